The standard InChI is InChI=1S/C13H18O3/c1-13(15,10-12(14)16-2)9-8-11-6-4-3-5-7-11/h3-7,15H,8-10H2,1-2H3. The van der Waals surface area contributed by atoms with Gasteiger partial charge in [0.25, 0.3) is 0 Å². The van der Waals surface area contributed by atoms with E-state index >= 15 is 0 Å². The molecule has 0 amide bonds. The Morgan fingerprint density at radius 2 is 2.00 bits per heavy atom. The highest BCUT2D eigenvalue weighted by atomic mass is 16.5. The molecule has 1 atom stereocenters. The Balaban J connectivity index is 2.44. The molecule has 0 heterocycles. The van der Waals surface area contributed by atoms with Gasteiger partial charge in [-0.1, -0.05) is 30.3 Å². The number of aliphatic hydroxyl groups is 1. The van der Waals surface area contributed by atoms with Crippen molar-refractivity contribution >= 4 is 5.97 Å². The largest absolute Gasteiger partial charge is 0.469 e. The Labute approximate surface area is 96.1 Å². The van der Waals surface area contributed by atoms with Crippen molar-refractivity contribution in [3.63, 3.8) is 0 Å². The smallest absolute Gasteiger partial charge is 0.308 e. The minimum atomic E-state index is -0.997. The van der Waals surface area contributed by atoms with Crippen LogP contribution in [0.3, 0.4) is 0 Å². The first-order chi connectivity index (χ1) is 7.53. The van der Waals surface area contributed by atoms with E-state index in [0.717, 1.165) is 12.0 Å². The zero-order valence-electron chi connectivity index (χ0n) is 9.77. The SMILES string of the molecule is COC(=O)CC(C)(O)CCc1ccccc1. The molecular formula is C13H18O3. The van der Waals surface area contributed by atoms with Crippen LogP contribution in [0, 0.1) is 0 Å². The van der Waals surface area contributed by atoms with Crippen molar-refractivity contribution in [2.75, 3.05) is 7.11 Å². The number of methoxy groups -OCH3 is 1. The molecule has 0 spiro atoms. The van der Waals surface area contributed by atoms with Crippen LogP contribution >= 0.6 is 0 Å². The van der Waals surface area contributed by atoms with Gasteiger partial charge in [0.1, 0.15) is 0 Å². The molecule has 3 heteroatoms. The van der Waals surface area contributed by atoms with Crippen LogP contribution < -0.4 is 0 Å². The number of benzene rings is 1. The van der Waals surface area contributed by atoms with E-state index in [1.807, 2.05) is 30.3 Å². The van der Waals surface area contributed by atoms with E-state index in [2.05, 4.69) is 4.74 Å². The summed E-state index contributed by atoms with van der Waals surface area (Å²) in [5, 5.41) is 9.98. The van der Waals surface area contributed by atoms with Gasteiger partial charge < -0.3 is 9.84 Å². The predicted octanol–water partition coefficient (Wildman–Crippen LogP) is 1.93. The summed E-state index contributed by atoms with van der Waals surface area (Å²) in [4.78, 5) is 11.1. The van der Waals surface area contributed by atoms with E-state index in [-0.39, 0.29) is 12.4 Å². The summed E-state index contributed by atoms with van der Waals surface area (Å²) in [7, 11) is 1.33. The van der Waals surface area contributed by atoms with Crippen molar-refractivity contribution in [3.8, 4) is 0 Å². The molecule has 1 N–H and O–H groups in total. The zero-order valence-corrected chi connectivity index (χ0v) is 9.77. The van der Waals surface area contributed by atoms with Crippen LogP contribution in [-0.4, -0.2) is 23.8 Å². The third-order valence-corrected chi connectivity index (χ3v) is 2.55. The second-order valence-corrected chi connectivity index (χ2v) is 4.24. The number of ether oxygens (including phenoxy) is 1. The van der Waals surface area contributed by atoms with Crippen LogP contribution in [0.1, 0.15) is 25.3 Å². The maximum Gasteiger partial charge on any atom is 0.308 e. The summed E-state index contributed by atoms with van der Waals surface area (Å²) < 4.78 is 4.54. The van der Waals surface area contributed by atoms with E-state index in [0.29, 0.717) is 6.42 Å². The van der Waals surface area contributed by atoms with Crippen molar-refractivity contribution in [1.29, 1.82) is 0 Å². The van der Waals surface area contributed by atoms with Gasteiger partial charge in [-0.15, -0.1) is 0 Å². The second kappa shape index (κ2) is 5.66. The van der Waals surface area contributed by atoms with Crippen molar-refractivity contribution in [3.05, 3.63) is 35.9 Å². The molecule has 0 radical (unpaired) electrons. The van der Waals surface area contributed by atoms with E-state index in [9.17, 15) is 9.90 Å². The Morgan fingerprint density at radius 3 is 2.56 bits per heavy atom. The average molecular weight is 222 g/mol. The van der Waals surface area contributed by atoms with Crippen molar-refractivity contribution in [1.82, 2.24) is 0 Å². The molecule has 0 bridgehead atoms. The predicted molar refractivity (Wildman–Crippen MR) is 62.0 cm³/mol. The molecule has 1 aromatic rings. The van der Waals surface area contributed by atoms with Gasteiger partial charge in [0, 0.05) is 0 Å². The van der Waals surface area contributed by atoms with Crippen LogP contribution in [0.4, 0.5) is 0 Å². The lowest BCUT2D eigenvalue weighted by atomic mass is 9.94. The average Bonchev–Trinajstić information content (AvgIpc) is 2.27. The molecule has 3 nitrogen and oxygen atoms in total. The first-order valence-electron chi connectivity index (χ1n) is 5.37. The fourth-order valence-corrected chi connectivity index (χ4v) is 1.53. The number of carbonyl (C=O) groups is 1. The fourth-order valence-electron chi connectivity index (χ4n) is 1.53. The molecule has 16 heavy (non-hydrogen) atoms. The summed E-state index contributed by atoms with van der Waals surface area (Å²) in [6, 6.07) is 9.90. The van der Waals surface area contributed by atoms with Gasteiger partial charge in [-0.2, -0.15) is 0 Å². The molecule has 1 unspecified atom stereocenters. The van der Waals surface area contributed by atoms with Crippen molar-refractivity contribution in [2.45, 2.75) is 31.8 Å². The maximum atomic E-state index is 11.1. The van der Waals surface area contributed by atoms with Gasteiger partial charge >= 0.3 is 5.97 Å². The number of esters is 1. The number of carbonyl (C=O) groups excluding carboxylic acids is 1. The van der Waals surface area contributed by atoms with Crippen LogP contribution in [0.15, 0.2) is 30.3 Å². The maximum absolute atomic E-state index is 11.1. The lowest BCUT2D eigenvalue weighted by Crippen LogP contribution is -2.29. The molecule has 0 aliphatic carbocycles. The highest BCUT2D eigenvalue weighted by molar-refractivity contribution is 5.70. The highest BCUT2D eigenvalue weighted by Crippen LogP contribution is 2.18. The van der Waals surface area contributed by atoms with Crippen molar-refractivity contribution < 1.29 is 14.6 Å². The molecule has 88 valence electrons. The molecular weight excluding hydrogens is 204 g/mol. The Bertz CT molecular complexity index is 330. The van der Waals surface area contributed by atoms with Crippen molar-refractivity contribution in [2.24, 2.45) is 0 Å². The van der Waals surface area contributed by atoms with Crippen LogP contribution in [0.5, 0.6) is 0 Å². The Kier molecular flexibility index (Phi) is 4.50. The molecule has 0 aliphatic heterocycles. The quantitative estimate of drug-likeness (QED) is 0.774. The van der Waals surface area contributed by atoms with Gasteiger partial charge in [-0.25, -0.2) is 0 Å². The minimum absolute atomic E-state index is 0.0380. The molecule has 0 fully saturated rings. The lowest BCUT2D eigenvalue weighted by molar-refractivity contribution is -0.145. The van der Waals surface area contributed by atoms with E-state index in [4.69, 9.17) is 0 Å². The third-order valence-electron chi connectivity index (χ3n) is 2.55. The summed E-state index contributed by atoms with van der Waals surface area (Å²) in [6.07, 6.45) is 1.34. The summed E-state index contributed by atoms with van der Waals surface area (Å²) in [5.74, 6) is -0.377. The third kappa shape index (κ3) is 4.45. The minimum Gasteiger partial charge on any atom is -0.469 e. The summed E-state index contributed by atoms with van der Waals surface area (Å²) in [6.45, 7) is 1.66. The number of aryl methyl sites for hydroxylation is 1. The highest BCUT2D eigenvalue weighted by Gasteiger charge is 2.24. The number of hydrogen-bond acceptors (Lipinski definition) is 3. The topological polar surface area (TPSA) is 46.5 Å². The normalized spacial score (nSPS) is 14.2. The van der Waals surface area contributed by atoms with E-state index in [1.54, 1.807) is 6.92 Å². The van der Waals surface area contributed by atoms with Crippen LogP contribution in [0.25, 0.3) is 0 Å². The van der Waals surface area contributed by atoms with Gasteiger partial charge in [0.05, 0.1) is 19.1 Å². The van der Waals surface area contributed by atoms with E-state index < -0.39 is 5.60 Å². The summed E-state index contributed by atoms with van der Waals surface area (Å²) in [5.41, 5.74) is 0.163. The molecule has 0 saturated carbocycles. The molecule has 1 aromatic carbocycles. The van der Waals surface area contributed by atoms with Gasteiger partial charge in [-0.3, -0.25) is 4.79 Å². The fraction of sp³-hybridized carbons (Fsp3) is 0.462. The summed E-state index contributed by atoms with van der Waals surface area (Å²) >= 11 is 0. The first-order valence-corrected chi connectivity index (χ1v) is 5.37. The second-order valence-electron chi connectivity index (χ2n) is 4.24. The van der Waals surface area contributed by atoms with E-state index in [1.165, 1.54) is 7.11 Å². The molecule has 1 rings (SSSR count). The zero-order chi connectivity index (χ0) is 12.0. The Hall–Kier alpha value is -1.35. The molecule has 0 aliphatic rings. The monoisotopic (exact) mass is 222 g/mol. The van der Waals surface area contributed by atoms with Gasteiger partial charge in [0.15, 0.2) is 0 Å². The van der Waals surface area contributed by atoms with Gasteiger partial charge in [-0.05, 0) is 25.3 Å². The first kappa shape index (κ1) is 12.7. The van der Waals surface area contributed by atoms with Crippen LogP contribution in [-0.2, 0) is 16.0 Å². The lowest BCUT2D eigenvalue weighted by Gasteiger charge is -2.21. The molecule has 0 aromatic heterocycles. The molecule has 0 saturated heterocycles. The van der Waals surface area contributed by atoms with Crippen LogP contribution in [0.2, 0.25) is 0 Å². The van der Waals surface area contributed by atoms with Gasteiger partial charge in [0.2, 0.25) is 0 Å². The Morgan fingerprint density at radius 1 is 1.38 bits per heavy atom. The number of hydrogen-bond donors (Lipinski definition) is 1. The number of rotatable bonds is 5.